The zero-order chi connectivity index (χ0) is 18.8. The normalized spacial score (nSPS) is 20.1. The van der Waals surface area contributed by atoms with Gasteiger partial charge in [0.05, 0.1) is 11.6 Å². The molecular formula is C22H23FN2O2. The molecule has 4 rings (SSSR count). The Bertz CT molecular complexity index is 949. The molecule has 0 bridgehead atoms. The molecule has 0 radical (unpaired) electrons. The number of aromatic nitrogens is 2. The first kappa shape index (κ1) is 17.9. The van der Waals surface area contributed by atoms with Crippen LogP contribution in [-0.4, -0.2) is 26.6 Å². The maximum absolute atomic E-state index is 13.2. The number of nitrogens with zero attached hydrogens (tertiary/aromatic N) is 2. The van der Waals surface area contributed by atoms with E-state index in [0.717, 1.165) is 42.3 Å². The zero-order valence-electron chi connectivity index (χ0n) is 15.1. The summed E-state index contributed by atoms with van der Waals surface area (Å²) in [6, 6.07) is 12.1. The second-order valence-corrected chi connectivity index (χ2v) is 7.42. The summed E-state index contributed by atoms with van der Waals surface area (Å²) >= 11 is 0. The number of carbonyl (C=O) groups is 1. The van der Waals surface area contributed by atoms with Crippen LogP contribution >= 0.6 is 0 Å². The van der Waals surface area contributed by atoms with E-state index in [1.165, 1.54) is 12.1 Å². The highest BCUT2D eigenvalue weighted by atomic mass is 19.1. The number of halogens is 1. The van der Waals surface area contributed by atoms with Crippen LogP contribution in [0.3, 0.4) is 0 Å². The lowest BCUT2D eigenvalue weighted by Crippen LogP contribution is -2.27. The third-order valence-corrected chi connectivity index (χ3v) is 5.53. The van der Waals surface area contributed by atoms with Crippen molar-refractivity contribution in [1.82, 2.24) is 9.61 Å². The molecule has 1 aliphatic carbocycles. The number of fused-ring (bicyclic) bond motifs is 1. The van der Waals surface area contributed by atoms with Crippen molar-refractivity contribution in [2.75, 3.05) is 0 Å². The Kier molecular flexibility index (Phi) is 5.03. The van der Waals surface area contributed by atoms with Gasteiger partial charge in [-0.3, -0.25) is 4.79 Å². The van der Waals surface area contributed by atoms with Crippen molar-refractivity contribution in [2.45, 2.75) is 44.6 Å². The molecule has 5 heteroatoms. The van der Waals surface area contributed by atoms with Gasteiger partial charge in [-0.25, -0.2) is 8.91 Å². The molecule has 1 N–H and O–H groups in total. The summed E-state index contributed by atoms with van der Waals surface area (Å²) in [5.74, 6) is -0.217. The van der Waals surface area contributed by atoms with Crippen LogP contribution in [0.25, 0.3) is 5.52 Å². The van der Waals surface area contributed by atoms with E-state index in [-0.39, 0.29) is 23.6 Å². The first-order valence-corrected chi connectivity index (χ1v) is 9.53. The third-order valence-electron chi connectivity index (χ3n) is 5.53. The van der Waals surface area contributed by atoms with Gasteiger partial charge in [-0.2, -0.15) is 5.10 Å². The van der Waals surface area contributed by atoms with Gasteiger partial charge in [-0.1, -0.05) is 25.0 Å². The summed E-state index contributed by atoms with van der Waals surface area (Å²) < 4.78 is 14.9. The van der Waals surface area contributed by atoms with Crippen molar-refractivity contribution in [1.29, 1.82) is 0 Å². The SMILES string of the molecule is O=C(C[C@H]1CCCC[C@@H]1O)c1cc(Cc2ccc(F)cc2)c2cccnn12. The number of aliphatic hydroxyl groups excluding tert-OH is 1. The summed E-state index contributed by atoms with van der Waals surface area (Å²) in [5.41, 5.74) is 3.41. The number of hydrogen-bond donors (Lipinski definition) is 1. The molecule has 2 aromatic heterocycles. The molecule has 1 fully saturated rings. The molecule has 0 spiro atoms. The van der Waals surface area contributed by atoms with Crippen LogP contribution in [0.4, 0.5) is 4.39 Å². The molecule has 1 saturated carbocycles. The molecule has 0 amide bonds. The second kappa shape index (κ2) is 7.61. The van der Waals surface area contributed by atoms with Crippen LogP contribution in [0.1, 0.15) is 53.7 Å². The molecule has 4 nitrogen and oxygen atoms in total. The van der Waals surface area contributed by atoms with E-state index in [1.54, 1.807) is 22.8 Å². The molecule has 2 atom stereocenters. The van der Waals surface area contributed by atoms with Crippen LogP contribution in [0, 0.1) is 11.7 Å². The number of rotatable bonds is 5. The van der Waals surface area contributed by atoms with E-state index >= 15 is 0 Å². The molecular weight excluding hydrogens is 343 g/mol. The van der Waals surface area contributed by atoms with Gasteiger partial charge in [0.25, 0.3) is 0 Å². The minimum absolute atomic E-state index is 0.0139. The predicted molar refractivity (Wildman–Crippen MR) is 101 cm³/mol. The van der Waals surface area contributed by atoms with Gasteiger partial charge < -0.3 is 5.11 Å². The Hall–Kier alpha value is -2.53. The number of aliphatic hydroxyl groups is 1. The van der Waals surface area contributed by atoms with Gasteiger partial charge in [-0.05, 0) is 66.6 Å². The third kappa shape index (κ3) is 3.78. The lowest BCUT2D eigenvalue weighted by molar-refractivity contribution is 0.0580. The molecule has 2 heterocycles. The smallest absolute Gasteiger partial charge is 0.181 e. The minimum atomic E-state index is -0.388. The van der Waals surface area contributed by atoms with E-state index < -0.39 is 0 Å². The largest absolute Gasteiger partial charge is 0.393 e. The van der Waals surface area contributed by atoms with E-state index in [4.69, 9.17) is 0 Å². The van der Waals surface area contributed by atoms with Crippen molar-refractivity contribution >= 4 is 11.3 Å². The number of Topliss-reactive ketones (excluding diaryl/α,β-unsaturated/α-hetero) is 1. The van der Waals surface area contributed by atoms with Gasteiger partial charge in [-0.15, -0.1) is 0 Å². The Morgan fingerprint density at radius 1 is 1.19 bits per heavy atom. The number of carbonyl (C=O) groups excluding carboxylic acids is 1. The van der Waals surface area contributed by atoms with Crippen molar-refractivity contribution < 1.29 is 14.3 Å². The van der Waals surface area contributed by atoms with Crippen LogP contribution < -0.4 is 0 Å². The minimum Gasteiger partial charge on any atom is -0.393 e. The van der Waals surface area contributed by atoms with E-state index in [9.17, 15) is 14.3 Å². The fraction of sp³-hybridized carbons (Fsp3) is 0.364. The lowest BCUT2D eigenvalue weighted by atomic mass is 9.83. The number of benzene rings is 1. The highest BCUT2D eigenvalue weighted by molar-refractivity contribution is 5.96. The van der Waals surface area contributed by atoms with Crippen molar-refractivity contribution in [3.63, 3.8) is 0 Å². The molecule has 3 aromatic rings. The molecule has 27 heavy (non-hydrogen) atoms. The first-order valence-electron chi connectivity index (χ1n) is 9.53. The van der Waals surface area contributed by atoms with Gasteiger partial charge in [0.1, 0.15) is 11.5 Å². The van der Waals surface area contributed by atoms with Gasteiger partial charge >= 0.3 is 0 Å². The average Bonchev–Trinajstić information content (AvgIpc) is 3.04. The van der Waals surface area contributed by atoms with Gasteiger partial charge in [0.2, 0.25) is 0 Å². The van der Waals surface area contributed by atoms with Crippen LogP contribution in [0.5, 0.6) is 0 Å². The zero-order valence-corrected chi connectivity index (χ0v) is 15.1. The fourth-order valence-electron chi connectivity index (χ4n) is 4.04. The van der Waals surface area contributed by atoms with Crippen LogP contribution in [0.2, 0.25) is 0 Å². The molecule has 1 aromatic carbocycles. The van der Waals surface area contributed by atoms with Gasteiger partial charge in [0, 0.05) is 12.6 Å². The van der Waals surface area contributed by atoms with E-state index in [1.807, 2.05) is 18.2 Å². The van der Waals surface area contributed by atoms with Crippen LogP contribution in [0.15, 0.2) is 48.7 Å². The Balaban J connectivity index is 1.63. The Labute approximate surface area is 157 Å². The van der Waals surface area contributed by atoms with Gasteiger partial charge in [0.15, 0.2) is 5.78 Å². The summed E-state index contributed by atoms with van der Waals surface area (Å²) in [6.45, 7) is 0. The van der Waals surface area contributed by atoms with Crippen LogP contribution in [-0.2, 0) is 6.42 Å². The van der Waals surface area contributed by atoms with Crippen molar-refractivity contribution in [2.24, 2.45) is 5.92 Å². The molecule has 1 aliphatic rings. The topological polar surface area (TPSA) is 54.6 Å². The Morgan fingerprint density at radius 2 is 1.96 bits per heavy atom. The molecule has 140 valence electrons. The summed E-state index contributed by atoms with van der Waals surface area (Å²) in [6.07, 6.45) is 6.00. The highest BCUT2D eigenvalue weighted by Gasteiger charge is 2.27. The summed E-state index contributed by atoms with van der Waals surface area (Å²) in [7, 11) is 0. The first-order chi connectivity index (χ1) is 13.1. The van der Waals surface area contributed by atoms with E-state index in [0.29, 0.717) is 18.5 Å². The number of ketones is 1. The highest BCUT2D eigenvalue weighted by Crippen LogP contribution is 2.29. The maximum atomic E-state index is 13.2. The average molecular weight is 366 g/mol. The standard InChI is InChI=1S/C22H23FN2O2/c23-18-9-7-15(8-10-18)12-17-13-20(25-19(17)5-3-11-24-25)22(27)14-16-4-1-2-6-21(16)26/h3,5,7-11,13,16,21,26H,1-2,4,6,12,14H2/t16-,21+/m1/s1. The summed E-state index contributed by atoms with van der Waals surface area (Å²) in [5, 5.41) is 14.6. The van der Waals surface area contributed by atoms with Crippen molar-refractivity contribution in [3.05, 3.63) is 71.3 Å². The fourth-order valence-corrected chi connectivity index (χ4v) is 4.04. The molecule has 0 aliphatic heterocycles. The predicted octanol–water partition coefficient (Wildman–Crippen LogP) is 4.19. The second-order valence-electron chi connectivity index (χ2n) is 7.42. The molecule has 0 unspecified atom stereocenters. The monoisotopic (exact) mass is 366 g/mol. The molecule has 0 saturated heterocycles. The van der Waals surface area contributed by atoms with E-state index in [2.05, 4.69) is 5.10 Å². The maximum Gasteiger partial charge on any atom is 0.181 e. The van der Waals surface area contributed by atoms with Crippen molar-refractivity contribution in [3.8, 4) is 0 Å². The lowest BCUT2D eigenvalue weighted by Gasteiger charge is -2.26. The number of hydrogen-bond acceptors (Lipinski definition) is 3. The summed E-state index contributed by atoms with van der Waals surface area (Å²) in [4.78, 5) is 13.0. The quantitative estimate of drug-likeness (QED) is 0.689. The Morgan fingerprint density at radius 3 is 2.74 bits per heavy atom.